The first-order chi connectivity index (χ1) is 11.1. The Balaban J connectivity index is 1.86. The molecule has 0 spiro atoms. The maximum atomic E-state index is 12.6. The number of aryl methyl sites for hydroxylation is 1. The van der Waals surface area contributed by atoms with Gasteiger partial charge in [-0.15, -0.1) is 0 Å². The summed E-state index contributed by atoms with van der Waals surface area (Å²) in [5.74, 6) is 0.903. The highest BCUT2D eigenvalue weighted by Crippen LogP contribution is 2.29. The van der Waals surface area contributed by atoms with Crippen molar-refractivity contribution in [3.8, 4) is 5.75 Å². The molecule has 1 aromatic rings. The number of nitrogens with one attached hydrogen (secondary N) is 2. The fraction of sp³-hybridized carbons (Fsp3) is 0.611. The summed E-state index contributed by atoms with van der Waals surface area (Å²) in [5.41, 5.74) is 0.746. The predicted octanol–water partition coefficient (Wildman–Crippen LogP) is 1.89. The molecule has 128 valence electrons. The van der Waals surface area contributed by atoms with E-state index in [0.29, 0.717) is 13.2 Å². The molecule has 2 rings (SSSR count). The molecule has 2 N–H and O–H groups in total. The van der Waals surface area contributed by atoms with Crippen LogP contribution in [0.2, 0.25) is 0 Å². The molecule has 1 amide bonds. The minimum Gasteiger partial charge on any atom is -0.489 e. The third-order valence-corrected chi connectivity index (χ3v) is 4.34. The van der Waals surface area contributed by atoms with E-state index in [9.17, 15) is 4.79 Å². The summed E-state index contributed by atoms with van der Waals surface area (Å²) in [6.45, 7) is 6.66. The highest BCUT2D eigenvalue weighted by molar-refractivity contribution is 5.83. The number of hydrogen-bond acceptors (Lipinski definition) is 4. The first-order valence-corrected chi connectivity index (χ1v) is 8.27. The van der Waals surface area contributed by atoms with Gasteiger partial charge >= 0.3 is 0 Å². The second-order valence-electron chi connectivity index (χ2n) is 6.42. The zero-order valence-corrected chi connectivity index (χ0v) is 14.4. The number of carbonyl (C=O) groups excluding carboxylic acids is 1. The summed E-state index contributed by atoms with van der Waals surface area (Å²) in [6, 6.07) is 7.94. The van der Waals surface area contributed by atoms with Crippen molar-refractivity contribution in [2.24, 2.45) is 5.41 Å². The predicted molar refractivity (Wildman–Crippen MR) is 90.7 cm³/mol. The van der Waals surface area contributed by atoms with Crippen LogP contribution in [-0.4, -0.2) is 45.4 Å². The largest absolute Gasteiger partial charge is 0.489 e. The van der Waals surface area contributed by atoms with Crippen molar-refractivity contribution in [2.45, 2.75) is 32.8 Å². The van der Waals surface area contributed by atoms with Crippen molar-refractivity contribution < 1.29 is 14.3 Å². The Hall–Kier alpha value is -1.59. The van der Waals surface area contributed by atoms with Gasteiger partial charge in [0, 0.05) is 7.11 Å². The summed E-state index contributed by atoms with van der Waals surface area (Å²) < 4.78 is 11.2. The summed E-state index contributed by atoms with van der Waals surface area (Å²) in [4.78, 5) is 12.6. The molecule has 5 heteroatoms. The van der Waals surface area contributed by atoms with Gasteiger partial charge in [-0.3, -0.25) is 4.79 Å². The third-order valence-electron chi connectivity index (χ3n) is 4.34. The maximum Gasteiger partial charge on any atom is 0.228 e. The minimum atomic E-state index is -0.414. The first kappa shape index (κ1) is 17.8. The zero-order chi connectivity index (χ0) is 16.7. The SMILES string of the molecule is COCC1(C(=O)NCC(C)Oc2cccc(C)c2)CCNCC1. The zero-order valence-electron chi connectivity index (χ0n) is 14.4. The van der Waals surface area contributed by atoms with Gasteiger partial charge in [0.1, 0.15) is 11.9 Å². The van der Waals surface area contributed by atoms with Crippen molar-refractivity contribution in [2.75, 3.05) is 33.4 Å². The van der Waals surface area contributed by atoms with Crippen LogP contribution in [0.25, 0.3) is 0 Å². The lowest BCUT2D eigenvalue weighted by Gasteiger charge is -2.35. The minimum absolute atomic E-state index is 0.0699. The van der Waals surface area contributed by atoms with Gasteiger partial charge in [-0.05, 0) is 57.5 Å². The van der Waals surface area contributed by atoms with Gasteiger partial charge in [-0.1, -0.05) is 12.1 Å². The normalized spacial score (nSPS) is 18.2. The molecule has 1 aromatic carbocycles. The average molecular weight is 320 g/mol. The van der Waals surface area contributed by atoms with E-state index in [-0.39, 0.29) is 12.0 Å². The van der Waals surface area contributed by atoms with Crippen LogP contribution in [-0.2, 0) is 9.53 Å². The molecule has 23 heavy (non-hydrogen) atoms. The molecule has 0 radical (unpaired) electrons. The summed E-state index contributed by atoms with van der Waals surface area (Å²) in [7, 11) is 1.65. The number of methoxy groups -OCH3 is 1. The van der Waals surface area contributed by atoms with Gasteiger partial charge in [-0.2, -0.15) is 0 Å². The molecular weight excluding hydrogens is 292 g/mol. The van der Waals surface area contributed by atoms with E-state index in [0.717, 1.165) is 37.2 Å². The van der Waals surface area contributed by atoms with E-state index in [1.165, 1.54) is 0 Å². The Morgan fingerprint density at radius 3 is 2.78 bits per heavy atom. The topological polar surface area (TPSA) is 59.6 Å². The van der Waals surface area contributed by atoms with Crippen LogP contribution in [0.3, 0.4) is 0 Å². The Morgan fingerprint density at radius 2 is 2.13 bits per heavy atom. The average Bonchev–Trinajstić information content (AvgIpc) is 2.54. The second-order valence-corrected chi connectivity index (χ2v) is 6.42. The number of amides is 1. The lowest BCUT2D eigenvalue weighted by molar-refractivity contribution is -0.136. The standard InChI is InChI=1S/C18H28N2O3/c1-14-5-4-6-16(11-14)23-15(2)12-20-17(21)18(13-22-3)7-9-19-10-8-18/h4-6,11,15,19H,7-10,12-13H2,1-3H3,(H,20,21). The van der Waals surface area contributed by atoms with E-state index in [1.54, 1.807) is 7.11 Å². The Bertz CT molecular complexity index is 507. The first-order valence-electron chi connectivity index (χ1n) is 8.27. The summed E-state index contributed by atoms with van der Waals surface area (Å²) in [5, 5.41) is 6.34. The van der Waals surface area contributed by atoms with E-state index in [2.05, 4.69) is 10.6 Å². The smallest absolute Gasteiger partial charge is 0.228 e. The van der Waals surface area contributed by atoms with Crippen molar-refractivity contribution in [3.05, 3.63) is 29.8 Å². The van der Waals surface area contributed by atoms with E-state index < -0.39 is 5.41 Å². The van der Waals surface area contributed by atoms with Crippen molar-refractivity contribution in [3.63, 3.8) is 0 Å². The van der Waals surface area contributed by atoms with Crippen LogP contribution in [0.15, 0.2) is 24.3 Å². The number of piperidine rings is 1. The second kappa shape index (κ2) is 8.31. The molecule has 5 nitrogen and oxygen atoms in total. The highest BCUT2D eigenvalue weighted by atomic mass is 16.5. The molecular formula is C18H28N2O3. The van der Waals surface area contributed by atoms with Crippen molar-refractivity contribution in [1.29, 1.82) is 0 Å². The van der Waals surface area contributed by atoms with E-state index in [4.69, 9.17) is 9.47 Å². The van der Waals surface area contributed by atoms with Crippen molar-refractivity contribution >= 4 is 5.91 Å². The number of rotatable bonds is 7. The maximum absolute atomic E-state index is 12.6. The third kappa shape index (κ3) is 4.94. The lowest BCUT2D eigenvalue weighted by Crippen LogP contribution is -2.51. The molecule has 0 bridgehead atoms. The molecule has 1 unspecified atom stereocenters. The molecule has 1 heterocycles. The molecule has 0 aliphatic carbocycles. The van der Waals surface area contributed by atoms with Crippen LogP contribution in [0.5, 0.6) is 5.75 Å². The van der Waals surface area contributed by atoms with E-state index >= 15 is 0 Å². The molecule has 1 aliphatic heterocycles. The molecule has 1 aliphatic rings. The van der Waals surface area contributed by atoms with Crippen LogP contribution >= 0.6 is 0 Å². The fourth-order valence-electron chi connectivity index (χ4n) is 3.01. The van der Waals surface area contributed by atoms with Gasteiger partial charge in [0.2, 0.25) is 5.91 Å². The van der Waals surface area contributed by atoms with E-state index in [1.807, 2.05) is 38.1 Å². The quantitative estimate of drug-likeness (QED) is 0.805. The van der Waals surface area contributed by atoms with Crippen LogP contribution in [0, 0.1) is 12.3 Å². The van der Waals surface area contributed by atoms with Gasteiger partial charge in [0.25, 0.3) is 0 Å². The number of benzene rings is 1. The van der Waals surface area contributed by atoms with Gasteiger partial charge in [-0.25, -0.2) is 0 Å². The number of ether oxygens (including phenoxy) is 2. The van der Waals surface area contributed by atoms with Crippen LogP contribution < -0.4 is 15.4 Å². The molecule has 0 saturated carbocycles. The highest BCUT2D eigenvalue weighted by Gasteiger charge is 2.39. The van der Waals surface area contributed by atoms with Crippen LogP contribution in [0.1, 0.15) is 25.3 Å². The Kier molecular flexibility index (Phi) is 6.42. The monoisotopic (exact) mass is 320 g/mol. The fourth-order valence-corrected chi connectivity index (χ4v) is 3.01. The van der Waals surface area contributed by atoms with Crippen molar-refractivity contribution in [1.82, 2.24) is 10.6 Å². The molecule has 1 fully saturated rings. The molecule has 1 saturated heterocycles. The lowest BCUT2D eigenvalue weighted by atomic mass is 9.78. The summed E-state index contributed by atoms with van der Waals surface area (Å²) >= 11 is 0. The van der Waals surface area contributed by atoms with Crippen LogP contribution in [0.4, 0.5) is 0 Å². The van der Waals surface area contributed by atoms with Gasteiger partial charge in [0.05, 0.1) is 18.6 Å². The Morgan fingerprint density at radius 1 is 1.39 bits per heavy atom. The molecule has 1 atom stereocenters. The molecule has 0 aromatic heterocycles. The van der Waals surface area contributed by atoms with Gasteiger partial charge < -0.3 is 20.1 Å². The number of hydrogen-bond donors (Lipinski definition) is 2. The summed E-state index contributed by atoms with van der Waals surface area (Å²) in [6.07, 6.45) is 1.53. The Labute approximate surface area is 138 Å². The van der Waals surface area contributed by atoms with Gasteiger partial charge in [0.15, 0.2) is 0 Å². The number of carbonyl (C=O) groups is 1.